The Hall–Kier alpha value is -1.95. The van der Waals surface area contributed by atoms with Crippen LogP contribution in [0.1, 0.15) is 15.9 Å². The Labute approximate surface area is 124 Å². The molecule has 1 aromatic carbocycles. The molecule has 2 rings (SSSR count). The predicted octanol–water partition coefficient (Wildman–Crippen LogP) is 2.49. The molecule has 4 nitrogen and oxygen atoms in total. The molecule has 0 saturated carbocycles. The Balaban J connectivity index is 2.15. The van der Waals surface area contributed by atoms with Crippen molar-refractivity contribution >= 4 is 21.8 Å². The largest absolute Gasteiger partial charge is 0.619 e. The highest BCUT2D eigenvalue weighted by molar-refractivity contribution is 9.10. The molecule has 0 atom stereocenters. The minimum Gasteiger partial charge on any atom is -0.619 e. The fourth-order valence-electron chi connectivity index (χ4n) is 1.77. The van der Waals surface area contributed by atoms with Crippen LogP contribution in [0.25, 0.3) is 0 Å². The van der Waals surface area contributed by atoms with E-state index in [2.05, 4.69) is 15.9 Å². The highest BCUT2D eigenvalue weighted by atomic mass is 79.9. The molecule has 1 aromatic heterocycles. The molecule has 0 saturated heterocycles. The van der Waals surface area contributed by atoms with Crippen molar-refractivity contribution in [3.63, 3.8) is 0 Å². The fourth-order valence-corrected chi connectivity index (χ4v) is 2.18. The van der Waals surface area contributed by atoms with E-state index in [-0.39, 0.29) is 18.3 Å². The molecule has 20 heavy (non-hydrogen) atoms. The van der Waals surface area contributed by atoms with Crippen LogP contribution in [0.15, 0.2) is 47.2 Å². The minimum absolute atomic E-state index is 0.149. The van der Waals surface area contributed by atoms with Crippen molar-refractivity contribution in [3.05, 3.63) is 69.3 Å². The number of amides is 1. The molecule has 2 aromatic rings. The van der Waals surface area contributed by atoms with Crippen LogP contribution in [0, 0.1) is 11.0 Å². The van der Waals surface area contributed by atoms with Gasteiger partial charge in [0.2, 0.25) is 0 Å². The topological polar surface area (TPSA) is 47.2 Å². The summed E-state index contributed by atoms with van der Waals surface area (Å²) in [6.07, 6.45) is 2.50. The Bertz CT molecular complexity index is 632. The van der Waals surface area contributed by atoms with E-state index in [1.807, 2.05) is 0 Å². The van der Waals surface area contributed by atoms with Crippen molar-refractivity contribution in [3.8, 4) is 0 Å². The Morgan fingerprint density at radius 3 is 2.65 bits per heavy atom. The molecule has 1 heterocycles. The molecule has 0 aliphatic carbocycles. The molecule has 0 aliphatic rings. The molecule has 0 radical (unpaired) electrons. The monoisotopic (exact) mass is 338 g/mol. The third-order valence-corrected chi connectivity index (χ3v) is 3.30. The standard InChI is InChI=1S/C14H12BrFN2O2/c1-17(9-11-8-12(15)2-3-13(11)16)14(19)10-4-6-18(20)7-5-10/h2-8H,9H2,1H3. The summed E-state index contributed by atoms with van der Waals surface area (Å²) < 4.78 is 15.0. The van der Waals surface area contributed by atoms with Crippen LogP contribution >= 0.6 is 15.9 Å². The SMILES string of the molecule is CN(Cc1cc(Br)ccc1F)C(=O)c1cc[n+]([O-])cc1. The molecular formula is C14H12BrFN2O2. The van der Waals surface area contributed by atoms with E-state index in [4.69, 9.17) is 0 Å². The number of carbonyl (C=O) groups is 1. The van der Waals surface area contributed by atoms with E-state index in [1.165, 1.54) is 35.5 Å². The smallest absolute Gasteiger partial charge is 0.254 e. The zero-order valence-electron chi connectivity index (χ0n) is 10.7. The molecule has 0 unspecified atom stereocenters. The summed E-state index contributed by atoms with van der Waals surface area (Å²) >= 11 is 3.27. The Morgan fingerprint density at radius 1 is 1.35 bits per heavy atom. The normalized spacial score (nSPS) is 10.3. The summed E-state index contributed by atoms with van der Waals surface area (Å²) in [6.45, 7) is 0.149. The number of hydrogen-bond acceptors (Lipinski definition) is 2. The van der Waals surface area contributed by atoms with Gasteiger partial charge in [0.05, 0.1) is 5.56 Å². The molecule has 104 valence electrons. The Kier molecular flexibility index (Phi) is 4.34. The van der Waals surface area contributed by atoms with Crippen molar-refractivity contribution in [1.29, 1.82) is 0 Å². The summed E-state index contributed by atoms with van der Waals surface area (Å²) in [5, 5.41) is 10.9. The molecule has 6 heteroatoms. The van der Waals surface area contributed by atoms with Crippen molar-refractivity contribution in [2.24, 2.45) is 0 Å². The van der Waals surface area contributed by atoms with Crippen LogP contribution in [-0.4, -0.2) is 17.9 Å². The van der Waals surface area contributed by atoms with Crippen molar-refractivity contribution in [1.82, 2.24) is 4.90 Å². The summed E-state index contributed by atoms with van der Waals surface area (Å²) in [5.41, 5.74) is 0.806. The lowest BCUT2D eigenvalue weighted by molar-refractivity contribution is -0.605. The van der Waals surface area contributed by atoms with Gasteiger partial charge < -0.3 is 10.1 Å². The van der Waals surface area contributed by atoms with Crippen molar-refractivity contribution < 1.29 is 13.9 Å². The molecule has 0 spiro atoms. The van der Waals surface area contributed by atoms with Gasteiger partial charge in [0.1, 0.15) is 5.82 Å². The van der Waals surface area contributed by atoms with E-state index >= 15 is 0 Å². The maximum Gasteiger partial charge on any atom is 0.254 e. The molecule has 0 N–H and O–H groups in total. The third kappa shape index (κ3) is 3.33. The maximum atomic E-state index is 13.6. The summed E-state index contributed by atoms with van der Waals surface area (Å²) in [6, 6.07) is 7.45. The van der Waals surface area contributed by atoms with Gasteiger partial charge in [-0.15, -0.1) is 0 Å². The number of nitrogens with zero attached hydrogens (tertiary/aromatic N) is 2. The van der Waals surface area contributed by atoms with E-state index in [0.29, 0.717) is 15.9 Å². The van der Waals surface area contributed by atoms with Crippen LogP contribution in [0.5, 0.6) is 0 Å². The third-order valence-electron chi connectivity index (χ3n) is 2.81. The van der Waals surface area contributed by atoms with Gasteiger partial charge >= 0.3 is 0 Å². The maximum absolute atomic E-state index is 13.6. The lowest BCUT2D eigenvalue weighted by atomic mass is 10.2. The predicted molar refractivity (Wildman–Crippen MR) is 75.3 cm³/mol. The first kappa shape index (κ1) is 14.5. The number of benzene rings is 1. The summed E-state index contributed by atoms with van der Waals surface area (Å²) in [4.78, 5) is 13.5. The second-order valence-electron chi connectivity index (χ2n) is 4.34. The van der Waals surface area contributed by atoms with E-state index in [0.717, 1.165) is 4.47 Å². The molecule has 1 amide bonds. The van der Waals surface area contributed by atoms with Crippen molar-refractivity contribution in [2.75, 3.05) is 7.05 Å². The van der Waals surface area contributed by atoms with E-state index in [1.54, 1.807) is 19.2 Å². The van der Waals surface area contributed by atoms with Crippen molar-refractivity contribution in [2.45, 2.75) is 6.54 Å². The Morgan fingerprint density at radius 2 is 2.00 bits per heavy atom. The first-order chi connectivity index (χ1) is 9.47. The van der Waals surface area contributed by atoms with Crippen LogP contribution in [0.3, 0.4) is 0 Å². The second kappa shape index (κ2) is 6.00. The lowest BCUT2D eigenvalue weighted by Gasteiger charge is -2.17. The zero-order chi connectivity index (χ0) is 14.7. The van der Waals surface area contributed by atoms with Crippen LogP contribution in [0.4, 0.5) is 4.39 Å². The van der Waals surface area contributed by atoms with Gasteiger partial charge in [-0.25, -0.2) is 4.39 Å². The summed E-state index contributed by atoms with van der Waals surface area (Å²) in [5.74, 6) is -0.636. The van der Waals surface area contributed by atoms with Gasteiger partial charge in [-0.05, 0) is 18.2 Å². The van der Waals surface area contributed by atoms with Gasteiger partial charge in [0.15, 0.2) is 12.4 Å². The van der Waals surface area contributed by atoms with E-state index < -0.39 is 0 Å². The van der Waals surface area contributed by atoms with Gasteiger partial charge in [0, 0.05) is 35.8 Å². The minimum atomic E-state index is -0.363. The number of halogens is 2. The average Bonchev–Trinajstić information content (AvgIpc) is 2.43. The molecule has 0 aliphatic heterocycles. The molecular weight excluding hydrogens is 327 g/mol. The van der Waals surface area contributed by atoms with Crippen LogP contribution < -0.4 is 4.73 Å². The van der Waals surface area contributed by atoms with Crippen LogP contribution in [-0.2, 0) is 6.54 Å². The second-order valence-corrected chi connectivity index (χ2v) is 5.26. The first-order valence-corrected chi connectivity index (χ1v) is 6.65. The van der Waals surface area contributed by atoms with Gasteiger partial charge in [-0.3, -0.25) is 4.79 Å². The van der Waals surface area contributed by atoms with Gasteiger partial charge in [0.25, 0.3) is 5.91 Å². The van der Waals surface area contributed by atoms with Gasteiger partial charge in [-0.1, -0.05) is 15.9 Å². The van der Waals surface area contributed by atoms with Crippen LogP contribution in [0.2, 0.25) is 0 Å². The highest BCUT2D eigenvalue weighted by Crippen LogP contribution is 2.17. The quantitative estimate of drug-likeness (QED) is 0.637. The highest BCUT2D eigenvalue weighted by Gasteiger charge is 2.14. The number of aromatic nitrogens is 1. The first-order valence-electron chi connectivity index (χ1n) is 5.85. The molecule has 0 bridgehead atoms. The number of hydrogen-bond donors (Lipinski definition) is 0. The average molecular weight is 339 g/mol. The fraction of sp³-hybridized carbons (Fsp3) is 0.143. The number of carbonyl (C=O) groups excluding carboxylic acids is 1. The molecule has 0 fully saturated rings. The summed E-state index contributed by atoms with van der Waals surface area (Å²) in [7, 11) is 1.58. The number of pyridine rings is 1. The zero-order valence-corrected chi connectivity index (χ0v) is 12.3. The lowest BCUT2D eigenvalue weighted by Crippen LogP contribution is -2.29. The van der Waals surface area contributed by atoms with E-state index in [9.17, 15) is 14.4 Å². The van der Waals surface area contributed by atoms with Gasteiger partial charge in [-0.2, -0.15) is 4.73 Å². The number of rotatable bonds is 3.